The Balaban J connectivity index is 1.82. The second kappa shape index (κ2) is 7.59. The molecule has 5 heteroatoms. The van der Waals surface area contributed by atoms with Crippen molar-refractivity contribution >= 4 is 5.91 Å². The number of furan rings is 1. The number of hydrogen-bond acceptors (Lipinski definition) is 4. The van der Waals surface area contributed by atoms with Crippen molar-refractivity contribution in [2.75, 3.05) is 0 Å². The third-order valence-corrected chi connectivity index (χ3v) is 3.64. The summed E-state index contributed by atoms with van der Waals surface area (Å²) in [6.07, 6.45) is 1.54. The molecule has 2 aromatic carbocycles. The van der Waals surface area contributed by atoms with Crippen LogP contribution in [0.4, 0.5) is 0 Å². The molecule has 0 saturated carbocycles. The average Bonchev–Trinajstić information content (AvgIpc) is 3.06. The minimum atomic E-state index is -0.469. The van der Waals surface area contributed by atoms with Gasteiger partial charge in [-0.3, -0.25) is 10.2 Å². The van der Waals surface area contributed by atoms with Gasteiger partial charge in [-0.2, -0.15) is 0 Å². The molecule has 1 amide bonds. The van der Waals surface area contributed by atoms with Crippen LogP contribution < -0.4 is 11.3 Å². The number of rotatable bonds is 6. The van der Waals surface area contributed by atoms with E-state index in [1.807, 2.05) is 60.7 Å². The van der Waals surface area contributed by atoms with Crippen LogP contribution in [0, 0.1) is 0 Å². The molecule has 3 rings (SSSR count). The number of nitrogen functional groups attached to an aromatic ring is 1. The molecule has 0 atom stereocenters. The summed E-state index contributed by atoms with van der Waals surface area (Å²) in [5, 5.41) is 0. The molecule has 0 aliphatic carbocycles. The number of benzene rings is 2. The van der Waals surface area contributed by atoms with Crippen LogP contribution in [0.3, 0.4) is 0 Å². The van der Waals surface area contributed by atoms with E-state index < -0.39 is 5.91 Å². The van der Waals surface area contributed by atoms with Crippen LogP contribution in [0.25, 0.3) is 11.1 Å². The number of hydrogen-bond donors (Lipinski definition) is 2. The van der Waals surface area contributed by atoms with Crippen molar-refractivity contribution in [1.82, 2.24) is 5.43 Å². The van der Waals surface area contributed by atoms with E-state index in [2.05, 4.69) is 5.43 Å². The Labute approximate surface area is 140 Å². The molecule has 24 heavy (non-hydrogen) atoms. The molecule has 122 valence electrons. The molecule has 0 bridgehead atoms. The van der Waals surface area contributed by atoms with Crippen LogP contribution in [0.5, 0.6) is 0 Å². The van der Waals surface area contributed by atoms with E-state index in [1.54, 1.807) is 0 Å². The highest BCUT2D eigenvalue weighted by atomic mass is 16.5. The number of nitrogens with two attached hydrogens (primary N) is 1. The van der Waals surface area contributed by atoms with Gasteiger partial charge in [-0.15, -0.1) is 0 Å². The van der Waals surface area contributed by atoms with Gasteiger partial charge in [-0.05, 0) is 11.1 Å². The maximum atomic E-state index is 11.9. The minimum absolute atomic E-state index is 0.182. The van der Waals surface area contributed by atoms with Gasteiger partial charge < -0.3 is 9.15 Å². The van der Waals surface area contributed by atoms with Crippen LogP contribution in [-0.2, 0) is 18.0 Å². The molecule has 0 aliphatic heterocycles. The van der Waals surface area contributed by atoms with Gasteiger partial charge in [0.25, 0.3) is 0 Å². The quantitative estimate of drug-likeness (QED) is 0.415. The SMILES string of the molecule is NNC(=O)c1occ(COCc2ccccc2)c1-c1ccccc1. The van der Waals surface area contributed by atoms with Gasteiger partial charge in [-0.1, -0.05) is 60.7 Å². The standard InChI is InChI=1S/C19H18N2O3/c20-21-19(22)18-17(15-9-5-2-6-10-15)16(13-24-18)12-23-11-14-7-3-1-4-8-14/h1-10,13H,11-12,20H2,(H,21,22). The third kappa shape index (κ3) is 3.53. The average molecular weight is 322 g/mol. The normalized spacial score (nSPS) is 10.5. The van der Waals surface area contributed by atoms with Crippen molar-refractivity contribution < 1.29 is 13.9 Å². The van der Waals surface area contributed by atoms with Crippen LogP contribution >= 0.6 is 0 Å². The van der Waals surface area contributed by atoms with E-state index in [1.165, 1.54) is 6.26 Å². The van der Waals surface area contributed by atoms with Crippen molar-refractivity contribution in [3.8, 4) is 11.1 Å². The fourth-order valence-electron chi connectivity index (χ4n) is 2.51. The van der Waals surface area contributed by atoms with Gasteiger partial charge in [0.15, 0.2) is 0 Å². The molecular formula is C19H18N2O3. The molecular weight excluding hydrogens is 304 g/mol. The number of nitrogens with one attached hydrogen (secondary N) is 1. The summed E-state index contributed by atoms with van der Waals surface area (Å²) in [6, 6.07) is 19.5. The summed E-state index contributed by atoms with van der Waals surface area (Å²) in [4.78, 5) is 11.9. The predicted molar refractivity (Wildman–Crippen MR) is 90.7 cm³/mol. The summed E-state index contributed by atoms with van der Waals surface area (Å²) in [5.41, 5.74) is 5.58. The summed E-state index contributed by atoms with van der Waals surface area (Å²) in [6.45, 7) is 0.819. The van der Waals surface area contributed by atoms with E-state index in [0.29, 0.717) is 18.8 Å². The Kier molecular flexibility index (Phi) is 5.05. The summed E-state index contributed by atoms with van der Waals surface area (Å²) < 4.78 is 11.2. The summed E-state index contributed by atoms with van der Waals surface area (Å²) in [7, 11) is 0. The molecule has 0 unspecified atom stereocenters. The van der Waals surface area contributed by atoms with Gasteiger partial charge in [0.2, 0.25) is 5.76 Å². The number of carbonyl (C=O) groups is 1. The Morgan fingerprint density at radius 2 is 1.67 bits per heavy atom. The van der Waals surface area contributed by atoms with Gasteiger partial charge >= 0.3 is 5.91 Å². The Morgan fingerprint density at radius 1 is 1.00 bits per heavy atom. The lowest BCUT2D eigenvalue weighted by molar-refractivity contribution is 0.0927. The Morgan fingerprint density at radius 3 is 2.33 bits per heavy atom. The van der Waals surface area contributed by atoms with Crippen LogP contribution in [0.1, 0.15) is 21.7 Å². The van der Waals surface area contributed by atoms with Gasteiger partial charge in [0.1, 0.15) is 0 Å². The molecule has 3 N–H and O–H groups in total. The fraction of sp³-hybridized carbons (Fsp3) is 0.105. The van der Waals surface area contributed by atoms with E-state index in [4.69, 9.17) is 15.0 Å². The van der Waals surface area contributed by atoms with Crippen molar-refractivity contribution in [1.29, 1.82) is 0 Å². The van der Waals surface area contributed by atoms with Crippen molar-refractivity contribution in [2.45, 2.75) is 13.2 Å². The summed E-state index contributed by atoms with van der Waals surface area (Å²) in [5.74, 6) is 4.96. The zero-order chi connectivity index (χ0) is 16.8. The molecule has 1 heterocycles. The maximum absolute atomic E-state index is 11.9. The van der Waals surface area contributed by atoms with Gasteiger partial charge in [0, 0.05) is 11.1 Å². The minimum Gasteiger partial charge on any atom is -0.458 e. The van der Waals surface area contributed by atoms with Crippen LogP contribution in [-0.4, -0.2) is 5.91 Å². The second-order valence-corrected chi connectivity index (χ2v) is 5.28. The molecule has 0 saturated heterocycles. The lowest BCUT2D eigenvalue weighted by Crippen LogP contribution is -2.30. The topological polar surface area (TPSA) is 77.5 Å². The smallest absolute Gasteiger partial charge is 0.301 e. The van der Waals surface area contributed by atoms with E-state index in [0.717, 1.165) is 16.7 Å². The first-order valence-electron chi connectivity index (χ1n) is 7.58. The fourth-order valence-corrected chi connectivity index (χ4v) is 2.51. The lowest BCUT2D eigenvalue weighted by Gasteiger charge is -2.07. The zero-order valence-corrected chi connectivity index (χ0v) is 13.1. The number of carbonyl (C=O) groups excluding carboxylic acids is 1. The molecule has 0 fully saturated rings. The highest BCUT2D eigenvalue weighted by Gasteiger charge is 2.20. The highest BCUT2D eigenvalue weighted by Crippen LogP contribution is 2.30. The zero-order valence-electron chi connectivity index (χ0n) is 13.1. The van der Waals surface area contributed by atoms with Crippen LogP contribution in [0.2, 0.25) is 0 Å². The number of amides is 1. The largest absolute Gasteiger partial charge is 0.458 e. The molecule has 0 spiro atoms. The molecule has 5 nitrogen and oxygen atoms in total. The molecule has 0 radical (unpaired) electrons. The van der Waals surface area contributed by atoms with Crippen molar-refractivity contribution in [3.63, 3.8) is 0 Å². The van der Waals surface area contributed by atoms with Crippen LogP contribution in [0.15, 0.2) is 71.3 Å². The van der Waals surface area contributed by atoms with Gasteiger partial charge in [0.05, 0.1) is 19.5 Å². The van der Waals surface area contributed by atoms with Crippen molar-refractivity contribution in [2.24, 2.45) is 5.84 Å². The predicted octanol–water partition coefficient (Wildman–Crippen LogP) is 3.27. The lowest BCUT2D eigenvalue weighted by atomic mass is 10.0. The first-order chi connectivity index (χ1) is 11.8. The molecule has 1 aromatic heterocycles. The van der Waals surface area contributed by atoms with Crippen molar-refractivity contribution in [3.05, 3.63) is 83.8 Å². The Hall–Kier alpha value is -2.89. The first kappa shape index (κ1) is 16.0. The second-order valence-electron chi connectivity index (χ2n) is 5.28. The molecule has 3 aromatic rings. The third-order valence-electron chi connectivity index (χ3n) is 3.64. The van der Waals surface area contributed by atoms with E-state index in [-0.39, 0.29) is 5.76 Å². The van der Waals surface area contributed by atoms with Gasteiger partial charge in [-0.25, -0.2) is 5.84 Å². The number of hydrazine groups is 1. The summed E-state index contributed by atoms with van der Waals surface area (Å²) >= 11 is 0. The first-order valence-corrected chi connectivity index (χ1v) is 7.58. The van der Waals surface area contributed by atoms with E-state index in [9.17, 15) is 4.79 Å². The maximum Gasteiger partial charge on any atom is 0.301 e. The van der Waals surface area contributed by atoms with E-state index >= 15 is 0 Å². The Bertz CT molecular complexity index is 798. The monoisotopic (exact) mass is 322 g/mol. The number of ether oxygens (including phenoxy) is 1. The highest BCUT2D eigenvalue weighted by molar-refractivity contribution is 5.98. The molecule has 0 aliphatic rings.